The number of hydrogen-bond donors (Lipinski definition) is 0. The van der Waals surface area contributed by atoms with E-state index >= 15 is 0 Å². The van der Waals surface area contributed by atoms with E-state index in [0.717, 1.165) is 49.8 Å². The monoisotopic (exact) mass is 651 g/mol. The largest absolute Gasteiger partial charge is 0.455 e. The van der Waals surface area contributed by atoms with Gasteiger partial charge in [0.05, 0.1) is 5.56 Å². The van der Waals surface area contributed by atoms with Crippen molar-refractivity contribution in [2.45, 2.75) is 0 Å². The van der Waals surface area contributed by atoms with E-state index in [1.165, 1.54) is 32.7 Å². The Morgan fingerprint density at radius 3 is 1.55 bits per heavy atom. The molecule has 2 aromatic heterocycles. The van der Waals surface area contributed by atoms with Crippen LogP contribution in [0.5, 0.6) is 0 Å². The fourth-order valence-corrected chi connectivity index (χ4v) is 7.26. The zero-order valence-corrected chi connectivity index (χ0v) is 27.5. The number of hydrogen-bond acceptors (Lipinski definition) is 4. The molecule has 0 aliphatic heterocycles. The first-order valence-electron chi connectivity index (χ1n) is 17.1. The first-order chi connectivity index (χ1) is 25.3. The summed E-state index contributed by atoms with van der Waals surface area (Å²) in [6.07, 6.45) is 0. The summed E-state index contributed by atoms with van der Waals surface area (Å²) in [5.74, 6) is 1.76. The average Bonchev–Trinajstić information content (AvgIpc) is 3.59. The van der Waals surface area contributed by atoms with E-state index in [1.54, 1.807) is 0 Å². The molecule has 0 aliphatic carbocycles. The van der Waals surface area contributed by atoms with E-state index in [-0.39, 0.29) is 0 Å². The number of para-hydroxylation sites is 2. The highest BCUT2D eigenvalue weighted by atomic mass is 16.3. The van der Waals surface area contributed by atoms with Gasteiger partial charge in [0.1, 0.15) is 11.2 Å². The van der Waals surface area contributed by atoms with Crippen molar-refractivity contribution in [2.75, 3.05) is 0 Å². The van der Waals surface area contributed by atoms with Gasteiger partial charge < -0.3 is 4.42 Å². The SMILES string of the molecule is c1cc(-c2nc(-c3ccc(-c4cccc5ccccc45)cc3)nc(-c3cccc4c3oc3ccccc34)n2)cc(-c2cccc3ccccc23)c1. The average molecular weight is 652 g/mol. The number of fused-ring (bicyclic) bond motifs is 5. The van der Waals surface area contributed by atoms with Gasteiger partial charge in [-0.25, -0.2) is 15.0 Å². The number of aromatic nitrogens is 3. The van der Waals surface area contributed by atoms with E-state index < -0.39 is 0 Å². The molecule has 0 aliphatic rings. The molecular weight excluding hydrogens is 623 g/mol. The summed E-state index contributed by atoms with van der Waals surface area (Å²) in [5, 5.41) is 6.95. The summed E-state index contributed by atoms with van der Waals surface area (Å²) in [4.78, 5) is 15.4. The number of nitrogens with zero attached hydrogens (tertiary/aromatic N) is 3. The Bertz CT molecular complexity index is 2910. The molecule has 0 amide bonds. The molecular formula is C47H29N3O. The van der Waals surface area contributed by atoms with Crippen LogP contribution in [0.1, 0.15) is 0 Å². The van der Waals surface area contributed by atoms with Crippen LogP contribution >= 0.6 is 0 Å². The minimum absolute atomic E-state index is 0.563. The van der Waals surface area contributed by atoms with Gasteiger partial charge >= 0.3 is 0 Å². The van der Waals surface area contributed by atoms with E-state index in [1.807, 2.05) is 30.3 Å². The van der Waals surface area contributed by atoms with Gasteiger partial charge in [0, 0.05) is 21.9 Å². The summed E-state index contributed by atoms with van der Waals surface area (Å²) in [6, 6.07) is 61.1. The van der Waals surface area contributed by atoms with Crippen LogP contribution in [0.2, 0.25) is 0 Å². The highest BCUT2D eigenvalue weighted by Gasteiger charge is 2.18. The molecule has 0 saturated carbocycles. The smallest absolute Gasteiger partial charge is 0.167 e. The third-order valence-electron chi connectivity index (χ3n) is 9.75. The molecule has 2 heterocycles. The van der Waals surface area contributed by atoms with Crippen LogP contribution < -0.4 is 0 Å². The maximum absolute atomic E-state index is 6.45. The minimum atomic E-state index is 0.563. The van der Waals surface area contributed by atoms with Gasteiger partial charge in [-0.2, -0.15) is 0 Å². The lowest BCUT2D eigenvalue weighted by atomic mass is 9.97. The lowest BCUT2D eigenvalue weighted by molar-refractivity contribution is 0.669. The number of rotatable bonds is 5. The molecule has 4 heteroatoms. The first-order valence-corrected chi connectivity index (χ1v) is 17.1. The van der Waals surface area contributed by atoms with Gasteiger partial charge in [-0.3, -0.25) is 0 Å². The molecule has 0 atom stereocenters. The van der Waals surface area contributed by atoms with Gasteiger partial charge in [-0.15, -0.1) is 0 Å². The van der Waals surface area contributed by atoms with Crippen LogP contribution in [0.4, 0.5) is 0 Å². The Labute approximate surface area is 294 Å². The quantitative estimate of drug-likeness (QED) is 0.186. The Morgan fingerprint density at radius 1 is 0.314 bits per heavy atom. The fraction of sp³-hybridized carbons (Fsp3) is 0. The molecule has 4 nitrogen and oxygen atoms in total. The molecule has 0 unspecified atom stereocenters. The third kappa shape index (κ3) is 5.04. The van der Waals surface area contributed by atoms with Gasteiger partial charge in [-0.05, 0) is 62.0 Å². The highest BCUT2D eigenvalue weighted by molar-refractivity contribution is 6.09. The molecule has 51 heavy (non-hydrogen) atoms. The first kappa shape index (κ1) is 29.0. The van der Waals surface area contributed by atoms with Crippen LogP contribution in [0, 0.1) is 0 Å². The van der Waals surface area contributed by atoms with Crippen molar-refractivity contribution in [2.24, 2.45) is 0 Å². The summed E-state index contributed by atoms with van der Waals surface area (Å²) >= 11 is 0. The number of benzene rings is 8. The fourth-order valence-electron chi connectivity index (χ4n) is 7.26. The molecule has 8 aromatic carbocycles. The zero-order valence-electron chi connectivity index (χ0n) is 27.5. The van der Waals surface area contributed by atoms with Crippen LogP contribution in [0.15, 0.2) is 180 Å². The maximum Gasteiger partial charge on any atom is 0.167 e. The van der Waals surface area contributed by atoms with Gasteiger partial charge in [-0.1, -0.05) is 158 Å². The highest BCUT2D eigenvalue weighted by Crippen LogP contribution is 2.37. The van der Waals surface area contributed by atoms with E-state index in [0.29, 0.717) is 17.5 Å². The second-order valence-electron chi connectivity index (χ2n) is 12.8. The summed E-state index contributed by atoms with van der Waals surface area (Å²) in [7, 11) is 0. The third-order valence-corrected chi connectivity index (χ3v) is 9.75. The summed E-state index contributed by atoms with van der Waals surface area (Å²) in [6.45, 7) is 0. The molecule has 0 N–H and O–H groups in total. The zero-order chi connectivity index (χ0) is 33.7. The number of furan rings is 1. The van der Waals surface area contributed by atoms with Crippen molar-refractivity contribution in [1.29, 1.82) is 0 Å². The minimum Gasteiger partial charge on any atom is -0.455 e. The topological polar surface area (TPSA) is 51.8 Å². The van der Waals surface area contributed by atoms with E-state index in [4.69, 9.17) is 19.4 Å². The predicted molar refractivity (Wildman–Crippen MR) is 209 cm³/mol. The summed E-state index contributed by atoms with van der Waals surface area (Å²) < 4.78 is 6.45. The second-order valence-corrected chi connectivity index (χ2v) is 12.8. The van der Waals surface area contributed by atoms with Crippen molar-refractivity contribution in [3.8, 4) is 56.4 Å². The molecule has 0 spiro atoms. The van der Waals surface area contributed by atoms with Crippen molar-refractivity contribution >= 4 is 43.5 Å². The molecule has 0 bridgehead atoms. The standard InChI is InChI=1S/C47H29N3O/c1-3-17-36-30(11-1)13-8-20-38(36)32-25-27-33(28-26-32)45-48-46(35-16-7-15-34(29-35)39-21-9-14-31-12-2-4-18-37(31)39)50-47(49-45)42-23-10-22-41-40-19-5-6-24-43(40)51-44(41)42/h1-29H. The Balaban J connectivity index is 1.14. The Hall–Kier alpha value is -6.91. The van der Waals surface area contributed by atoms with Crippen LogP contribution in [-0.2, 0) is 0 Å². The normalized spacial score (nSPS) is 11.5. The second kappa shape index (κ2) is 11.9. The molecule has 10 aromatic rings. The van der Waals surface area contributed by atoms with Crippen molar-refractivity contribution < 1.29 is 4.42 Å². The lowest BCUT2D eigenvalue weighted by Gasteiger charge is -2.12. The molecule has 0 saturated heterocycles. The molecule has 10 rings (SSSR count). The van der Waals surface area contributed by atoms with Crippen LogP contribution in [0.3, 0.4) is 0 Å². The van der Waals surface area contributed by atoms with E-state index in [2.05, 4.69) is 146 Å². The summed E-state index contributed by atoms with van der Waals surface area (Å²) in [5.41, 5.74) is 8.84. The molecule has 238 valence electrons. The van der Waals surface area contributed by atoms with Crippen LogP contribution in [0.25, 0.3) is 99.9 Å². The Morgan fingerprint density at radius 2 is 0.804 bits per heavy atom. The lowest BCUT2D eigenvalue weighted by Crippen LogP contribution is -2.00. The molecule has 0 fully saturated rings. The van der Waals surface area contributed by atoms with Gasteiger partial charge in [0.25, 0.3) is 0 Å². The van der Waals surface area contributed by atoms with E-state index in [9.17, 15) is 0 Å². The van der Waals surface area contributed by atoms with Crippen molar-refractivity contribution in [1.82, 2.24) is 15.0 Å². The van der Waals surface area contributed by atoms with Gasteiger partial charge in [0.2, 0.25) is 0 Å². The maximum atomic E-state index is 6.45. The van der Waals surface area contributed by atoms with Crippen LogP contribution in [-0.4, -0.2) is 15.0 Å². The van der Waals surface area contributed by atoms with Crippen molar-refractivity contribution in [3.63, 3.8) is 0 Å². The Kier molecular flexibility index (Phi) is 6.78. The van der Waals surface area contributed by atoms with Gasteiger partial charge in [0.15, 0.2) is 17.5 Å². The van der Waals surface area contributed by atoms with Crippen molar-refractivity contribution in [3.05, 3.63) is 176 Å². The molecule has 0 radical (unpaired) electrons. The predicted octanol–water partition coefficient (Wildman–Crippen LogP) is 12.4.